The van der Waals surface area contributed by atoms with Crippen LogP contribution in [-0.4, -0.2) is 27.0 Å². The van der Waals surface area contributed by atoms with Crippen LogP contribution in [0.3, 0.4) is 0 Å². The van der Waals surface area contributed by atoms with Crippen molar-refractivity contribution in [2.75, 3.05) is 0 Å². The highest BCUT2D eigenvalue weighted by Gasteiger charge is 2.28. The molecule has 1 unspecified atom stereocenters. The fourth-order valence-corrected chi connectivity index (χ4v) is 2.73. The zero-order chi connectivity index (χ0) is 11.1. The second-order valence-corrected chi connectivity index (χ2v) is 4.64. The van der Waals surface area contributed by atoms with Gasteiger partial charge in [0.1, 0.15) is 0 Å². The maximum absolute atomic E-state index is 11.6. The molecule has 1 atom stereocenters. The molecule has 1 N–H and O–H groups in total. The third-order valence-corrected chi connectivity index (χ3v) is 3.60. The van der Waals surface area contributed by atoms with Gasteiger partial charge in [0, 0.05) is 12.8 Å². The Morgan fingerprint density at radius 3 is 3.12 bits per heavy atom. The second kappa shape index (κ2) is 3.50. The molecule has 0 fully saturated rings. The Hall–Kier alpha value is -1.53. The summed E-state index contributed by atoms with van der Waals surface area (Å²) in [4.78, 5) is 20.4. The van der Waals surface area contributed by atoms with Crippen molar-refractivity contribution >= 4 is 17.1 Å². The molecule has 82 valence electrons. The lowest BCUT2D eigenvalue weighted by molar-refractivity contribution is 0.0856. The number of aliphatic hydroxyl groups excluding tert-OH is 1. The average Bonchev–Trinajstić information content (AvgIpc) is 2.82. The van der Waals surface area contributed by atoms with E-state index in [4.69, 9.17) is 4.42 Å². The number of carbonyl (C=O) groups is 1. The highest BCUT2D eigenvalue weighted by atomic mass is 32.1. The van der Waals surface area contributed by atoms with Gasteiger partial charge in [-0.2, -0.15) is 0 Å². The van der Waals surface area contributed by atoms with Crippen LogP contribution in [0.25, 0.3) is 10.8 Å². The molecule has 16 heavy (non-hydrogen) atoms. The van der Waals surface area contributed by atoms with Crippen LogP contribution in [0.1, 0.15) is 21.8 Å². The Labute approximate surface area is 94.8 Å². The number of fused-ring (bicyclic) bond motifs is 1. The number of aromatic nitrogens is 2. The minimum atomic E-state index is -0.607. The van der Waals surface area contributed by atoms with Gasteiger partial charge in [0.15, 0.2) is 22.9 Å². The minimum Gasteiger partial charge on any atom is -0.441 e. The third-order valence-electron chi connectivity index (χ3n) is 2.44. The first-order valence-electron chi connectivity index (χ1n) is 4.84. The zero-order valence-corrected chi connectivity index (χ0v) is 9.03. The molecule has 2 heterocycles. The van der Waals surface area contributed by atoms with Gasteiger partial charge in [-0.3, -0.25) is 4.79 Å². The molecule has 0 bridgehead atoms. The van der Waals surface area contributed by atoms with Gasteiger partial charge in [0.2, 0.25) is 0 Å². The summed E-state index contributed by atoms with van der Waals surface area (Å²) in [6, 6.07) is 0. The molecule has 0 saturated carbocycles. The summed E-state index contributed by atoms with van der Waals surface area (Å²) < 4.78 is 5.12. The molecule has 5 nitrogen and oxygen atoms in total. The maximum Gasteiger partial charge on any atom is 0.182 e. The summed E-state index contributed by atoms with van der Waals surface area (Å²) in [5, 5.41) is 10.1. The fourth-order valence-electron chi connectivity index (χ4n) is 1.74. The summed E-state index contributed by atoms with van der Waals surface area (Å²) in [7, 11) is 0. The predicted octanol–water partition coefficient (Wildman–Crippen LogP) is 1.29. The Bertz CT molecular complexity index is 532. The van der Waals surface area contributed by atoms with Crippen LogP contribution < -0.4 is 0 Å². The van der Waals surface area contributed by atoms with Crippen LogP contribution in [-0.2, 0) is 6.42 Å². The van der Waals surface area contributed by atoms with Gasteiger partial charge >= 0.3 is 0 Å². The van der Waals surface area contributed by atoms with Gasteiger partial charge in [-0.25, -0.2) is 9.97 Å². The number of rotatable bonds is 1. The van der Waals surface area contributed by atoms with E-state index < -0.39 is 6.10 Å². The van der Waals surface area contributed by atoms with Gasteiger partial charge in [0.25, 0.3) is 0 Å². The van der Waals surface area contributed by atoms with Crippen molar-refractivity contribution in [3.05, 3.63) is 23.2 Å². The fraction of sp³-hybridized carbons (Fsp3) is 0.300. The topological polar surface area (TPSA) is 76.2 Å². The van der Waals surface area contributed by atoms with Crippen LogP contribution in [0.2, 0.25) is 0 Å². The zero-order valence-electron chi connectivity index (χ0n) is 8.21. The summed E-state index contributed by atoms with van der Waals surface area (Å²) in [6.07, 6.45) is 2.90. The number of Topliss-reactive ketones (excluding diaryl/α,β-unsaturated/α-hetero) is 1. The van der Waals surface area contributed by atoms with E-state index in [1.165, 1.54) is 17.7 Å². The second-order valence-electron chi connectivity index (χ2n) is 3.65. The van der Waals surface area contributed by atoms with Crippen LogP contribution in [0, 0.1) is 0 Å². The molecule has 0 radical (unpaired) electrons. The number of nitrogens with zero attached hydrogens (tertiary/aromatic N) is 2. The van der Waals surface area contributed by atoms with E-state index in [0.717, 1.165) is 0 Å². The molecule has 0 amide bonds. The van der Waals surface area contributed by atoms with Crippen LogP contribution in [0.15, 0.2) is 17.0 Å². The molecule has 0 aromatic carbocycles. The van der Waals surface area contributed by atoms with Crippen molar-refractivity contribution in [3.8, 4) is 10.8 Å². The summed E-state index contributed by atoms with van der Waals surface area (Å²) in [5.74, 6) is 0.513. The van der Waals surface area contributed by atoms with Crippen LogP contribution in [0.4, 0.5) is 0 Å². The summed E-state index contributed by atoms with van der Waals surface area (Å²) >= 11 is 1.30. The molecule has 0 saturated heterocycles. The predicted molar refractivity (Wildman–Crippen MR) is 56.3 cm³/mol. The van der Waals surface area contributed by atoms with E-state index in [2.05, 4.69) is 9.97 Å². The van der Waals surface area contributed by atoms with Crippen molar-refractivity contribution in [1.29, 1.82) is 0 Å². The van der Waals surface area contributed by atoms with E-state index in [1.54, 1.807) is 6.20 Å². The van der Waals surface area contributed by atoms with E-state index in [-0.39, 0.29) is 12.2 Å². The number of aliphatic hydroxyl groups is 1. The quantitative estimate of drug-likeness (QED) is 0.807. The maximum atomic E-state index is 11.6. The summed E-state index contributed by atoms with van der Waals surface area (Å²) in [6.45, 7) is 0. The lowest BCUT2D eigenvalue weighted by Crippen LogP contribution is -2.22. The van der Waals surface area contributed by atoms with Gasteiger partial charge in [-0.15, -0.1) is 11.3 Å². The standard InChI is InChI=1S/C10H8N2O3S/c13-5-1-6-9(7(14)2-5)16-10(12-6)8-3-11-4-15-8/h3-5,13H,1-2H2. The first kappa shape index (κ1) is 9.68. The Kier molecular flexibility index (Phi) is 2.12. The summed E-state index contributed by atoms with van der Waals surface area (Å²) in [5.41, 5.74) is 0.667. The molecule has 6 heteroatoms. The molecule has 2 aromatic rings. The minimum absolute atomic E-state index is 0.0444. The van der Waals surface area contributed by atoms with Gasteiger partial charge in [-0.05, 0) is 0 Å². The van der Waals surface area contributed by atoms with E-state index >= 15 is 0 Å². The normalized spacial score (nSPS) is 19.8. The Morgan fingerprint density at radius 1 is 1.50 bits per heavy atom. The smallest absolute Gasteiger partial charge is 0.182 e. The first-order valence-corrected chi connectivity index (χ1v) is 5.65. The number of carbonyl (C=O) groups excluding carboxylic acids is 1. The third kappa shape index (κ3) is 1.46. The van der Waals surface area contributed by atoms with Crippen LogP contribution in [0.5, 0.6) is 0 Å². The van der Waals surface area contributed by atoms with Crippen molar-refractivity contribution in [2.45, 2.75) is 18.9 Å². The van der Waals surface area contributed by atoms with E-state index in [9.17, 15) is 9.90 Å². The number of ketones is 1. The van der Waals surface area contributed by atoms with Crippen molar-refractivity contribution < 1.29 is 14.3 Å². The van der Waals surface area contributed by atoms with Crippen LogP contribution >= 0.6 is 11.3 Å². The Balaban J connectivity index is 2.07. The molecular weight excluding hydrogens is 228 g/mol. The Morgan fingerprint density at radius 2 is 2.38 bits per heavy atom. The monoisotopic (exact) mass is 236 g/mol. The van der Waals surface area contributed by atoms with E-state index in [1.807, 2.05) is 0 Å². The molecule has 0 aliphatic heterocycles. The number of thiazole rings is 1. The number of oxazole rings is 1. The lowest BCUT2D eigenvalue weighted by atomic mass is 9.99. The van der Waals surface area contributed by atoms with E-state index in [0.29, 0.717) is 27.8 Å². The van der Waals surface area contributed by atoms with Crippen molar-refractivity contribution in [1.82, 2.24) is 9.97 Å². The van der Waals surface area contributed by atoms with Gasteiger partial charge in [0.05, 0.1) is 22.9 Å². The molecule has 0 spiro atoms. The molecule has 1 aliphatic rings. The van der Waals surface area contributed by atoms with Gasteiger partial charge in [-0.1, -0.05) is 0 Å². The number of hydrogen-bond donors (Lipinski definition) is 1. The largest absolute Gasteiger partial charge is 0.441 e. The first-order chi connectivity index (χ1) is 7.74. The average molecular weight is 236 g/mol. The molecule has 1 aliphatic carbocycles. The molecule has 3 rings (SSSR count). The molecule has 2 aromatic heterocycles. The lowest BCUT2D eigenvalue weighted by Gasteiger charge is -2.13. The van der Waals surface area contributed by atoms with Crippen molar-refractivity contribution in [2.24, 2.45) is 0 Å². The van der Waals surface area contributed by atoms with Gasteiger partial charge < -0.3 is 9.52 Å². The van der Waals surface area contributed by atoms with Crippen molar-refractivity contribution in [3.63, 3.8) is 0 Å². The molecular formula is C10H8N2O3S. The number of hydrogen-bond acceptors (Lipinski definition) is 6. The highest BCUT2D eigenvalue weighted by Crippen LogP contribution is 2.32. The SMILES string of the molecule is O=C1CC(O)Cc2nc(-c3cnco3)sc21. The highest BCUT2D eigenvalue weighted by molar-refractivity contribution is 7.17.